The van der Waals surface area contributed by atoms with Crippen molar-refractivity contribution in [3.8, 4) is 0 Å². The quantitative estimate of drug-likeness (QED) is 0.762. The summed E-state index contributed by atoms with van der Waals surface area (Å²) < 4.78 is 5.79. The Hall–Kier alpha value is -1.10. The molecule has 5 heteroatoms. The minimum Gasteiger partial charge on any atom is -0.376 e. The zero-order valence-corrected chi connectivity index (χ0v) is 12.2. The predicted molar refractivity (Wildman–Crippen MR) is 73.7 cm³/mol. The lowest BCUT2D eigenvalue weighted by Gasteiger charge is -2.27. The summed E-state index contributed by atoms with van der Waals surface area (Å²) in [5, 5.41) is 5.20. The van der Waals surface area contributed by atoms with E-state index in [4.69, 9.17) is 4.74 Å². The molecule has 2 atom stereocenters. The fourth-order valence-electron chi connectivity index (χ4n) is 2.51. The van der Waals surface area contributed by atoms with Crippen LogP contribution in [0.2, 0.25) is 0 Å². The number of ether oxygens (including phenoxy) is 1. The maximum Gasteiger partial charge on any atom is 0.245 e. The molecule has 0 bridgehead atoms. The summed E-state index contributed by atoms with van der Waals surface area (Å²) in [6, 6.07) is -0.619. The molecule has 0 spiro atoms. The van der Waals surface area contributed by atoms with Gasteiger partial charge in [-0.25, -0.2) is 0 Å². The molecule has 19 heavy (non-hydrogen) atoms. The second-order valence-corrected chi connectivity index (χ2v) is 5.33. The van der Waals surface area contributed by atoms with Gasteiger partial charge >= 0.3 is 0 Å². The van der Waals surface area contributed by atoms with Crippen LogP contribution in [0.25, 0.3) is 0 Å². The van der Waals surface area contributed by atoms with Crippen molar-refractivity contribution in [3.05, 3.63) is 0 Å². The van der Waals surface area contributed by atoms with Crippen LogP contribution in [-0.2, 0) is 14.3 Å². The van der Waals surface area contributed by atoms with Crippen LogP contribution in [0.15, 0.2) is 0 Å². The normalized spacial score (nSPS) is 19.5. The molecule has 1 saturated carbocycles. The Bertz CT molecular complexity index is 301. The standard InChI is InChI=1S/C14H26N2O3/c1-10(13(14(18)15-3)16-11(2)17)19-9-12-7-5-4-6-8-12/h10,12-13H,4-9H2,1-3H3,(H,15,18)(H,16,17)/t10-,13+/m1/s1. The summed E-state index contributed by atoms with van der Waals surface area (Å²) in [6.07, 6.45) is 5.96. The first kappa shape index (κ1) is 16.0. The van der Waals surface area contributed by atoms with Crippen molar-refractivity contribution >= 4 is 11.8 Å². The van der Waals surface area contributed by atoms with Gasteiger partial charge < -0.3 is 15.4 Å². The van der Waals surface area contributed by atoms with Crippen molar-refractivity contribution in [3.63, 3.8) is 0 Å². The molecular formula is C14H26N2O3. The van der Waals surface area contributed by atoms with Crippen LogP contribution in [0.1, 0.15) is 46.0 Å². The predicted octanol–water partition coefficient (Wildman–Crippen LogP) is 1.22. The molecule has 1 aliphatic carbocycles. The van der Waals surface area contributed by atoms with Crippen molar-refractivity contribution in [2.45, 2.75) is 58.1 Å². The summed E-state index contributed by atoms with van der Waals surface area (Å²) in [6.45, 7) is 3.91. The zero-order chi connectivity index (χ0) is 14.3. The molecule has 2 N–H and O–H groups in total. The van der Waals surface area contributed by atoms with Gasteiger partial charge in [-0.15, -0.1) is 0 Å². The van der Waals surface area contributed by atoms with Gasteiger partial charge in [0, 0.05) is 20.6 Å². The van der Waals surface area contributed by atoms with Crippen LogP contribution in [0.5, 0.6) is 0 Å². The first-order valence-electron chi connectivity index (χ1n) is 7.15. The molecular weight excluding hydrogens is 244 g/mol. The Balaban J connectivity index is 2.43. The highest BCUT2D eigenvalue weighted by Crippen LogP contribution is 2.24. The van der Waals surface area contributed by atoms with Gasteiger partial charge in [-0.05, 0) is 25.7 Å². The van der Waals surface area contributed by atoms with Gasteiger partial charge in [0.2, 0.25) is 11.8 Å². The molecule has 5 nitrogen and oxygen atoms in total. The minimum atomic E-state index is -0.619. The van der Waals surface area contributed by atoms with Gasteiger partial charge in [0.15, 0.2) is 0 Å². The molecule has 1 rings (SSSR count). The smallest absolute Gasteiger partial charge is 0.245 e. The minimum absolute atomic E-state index is 0.216. The second-order valence-electron chi connectivity index (χ2n) is 5.33. The Kier molecular flexibility index (Phi) is 6.84. The summed E-state index contributed by atoms with van der Waals surface area (Å²) in [5.41, 5.74) is 0. The van der Waals surface area contributed by atoms with Crippen molar-refractivity contribution < 1.29 is 14.3 Å². The van der Waals surface area contributed by atoms with Crippen LogP contribution in [-0.4, -0.2) is 37.6 Å². The van der Waals surface area contributed by atoms with E-state index in [0.29, 0.717) is 12.5 Å². The van der Waals surface area contributed by atoms with Crippen LogP contribution in [0.3, 0.4) is 0 Å². The molecule has 0 aromatic heterocycles. The fourth-order valence-corrected chi connectivity index (χ4v) is 2.51. The first-order valence-corrected chi connectivity index (χ1v) is 7.15. The maximum absolute atomic E-state index is 11.7. The summed E-state index contributed by atoms with van der Waals surface area (Å²) in [7, 11) is 1.56. The molecule has 0 radical (unpaired) electrons. The Morgan fingerprint density at radius 3 is 2.42 bits per heavy atom. The highest BCUT2D eigenvalue weighted by atomic mass is 16.5. The van der Waals surface area contributed by atoms with E-state index in [-0.39, 0.29) is 17.9 Å². The molecule has 110 valence electrons. The van der Waals surface area contributed by atoms with E-state index >= 15 is 0 Å². The summed E-state index contributed by atoms with van der Waals surface area (Å²) in [4.78, 5) is 22.9. The first-order chi connectivity index (χ1) is 9.04. The number of amides is 2. The van der Waals surface area contributed by atoms with E-state index in [9.17, 15) is 9.59 Å². The van der Waals surface area contributed by atoms with Crippen molar-refractivity contribution in [2.24, 2.45) is 5.92 Å². The summed E-state index contributed by atoms with van der Waals surface area (Å²) >= 11 is 0. The lowest BCUT2D eigenvalue weighted by Crippen LogP contribution is -2.52. The van der Waals surface area contributed by atoms with Crippen molar-refractivity contribution in [2.75, 3.05) is 13.7 Å². The molecule has 1 fully saturated rings. The third-order valence-corrected chi connectivity index (χ3v) is 3.68. The topological polar surface area (TPSA) is 67.4 Å². The van der Waals surface area contributed by atoms with Crippen LogP contribution < -0.4 is 10.6 Å². The molecule has 0 aromatic rings. The fraction of sp³-hybridized carbons (Fsp3) is 0.857. The number of carbonyl (C=O) groups excluding carboxylic acids is 2. The highest BCUT2D eigenvalue weighted by molar-refractivity contribution is 5.87. The van der Waals surface area contributed by atoms with Crippen LogP contribution in [0.4, 0.5) is 0 Å². The maximum atomic E-state index is 11.7. The van der Waals surface area contributed by atoms with E-state index < -0.39 is 6.04 Å². The lowest BCUT2D eigenvalue weighted by atomic mass is 9.90. The lowest BCUT2D eigenvalue weighted by molar-refractivity contribution is -0.132. The number of hydrogen-bond donors (Lipinski definition) is 2. The van der Waals surface area contributed by atoms with Gasteiger partial charge in [0.25, 0.3) is 0 Å². The average Bonchev–Trinajstić information content (AvgIpc) is 2.42. The van der Waals surface area contributed by atoms with Crippen molar-refractivity contribution in [1.29, 1.82) is 0 Å². The monoisotopic (exact) mass is 270 g/mol. The number of hydrogen-bond acceptors (Lipinski definition) is 3. The Morgan fingerprint density at radius 2 is 1.89 bits per heavy atom. The molecule has 2 amide bonds. The van der Waals surface area contributed by atoms with E-state index in [2.05, 4.69) is 10.6 Å². The molecule has 1 aliphatic rings. The van der Waals surface area contributed by atoms with Gasteiger partial charge in [-0.2, -0.15) is 0 Å². The number of rotatable bonds is 6. The van der Waals surface area contributed by atoms with Crippen molar-refractivity contribution in [1.82, 2.24) is 10.6 Å². The molecule has 0 heterocycles. The van der Waals surface area contributed by atoms with Gasteiger partial charge in [0.1, 0.15) is 6.04 Å². The second kappa shape index (κ2) is 8.15. The van der Waals surface area contributed by atoms with Crippen LogP contribution in [0, 0.1) is 5.92 Å². The van der Waals surface area contributed by atoms with E-state index in [1.807, 2.05) is 6.92 Å². The Labute approximate surface area is 115 Å². The molecule has 0 unspecified atom stereocenters. The van der Waals surface area contributed by atoms with Crippen LogP contribution >= 0.6 is 0 Å². The SMILES string of the molecule is CNC(=O)[C@@H](NC(C)=O)[C@@H](C)OCC1CCCCC1. The zero-order valence-electron chi connectivity index (χ0n) is 12.2. The van der Waals surface area contributed by atoms with E-state index in [0.717, 1.165) is 0 Å². The Morgan fingerprint density at radius 1 is 1.26 bits per heavy atom. The summed E-state index contributed by atoms with van der Waals surface area (Å²) in [5.74, 6) is 0.159. The number of likely N-dealkylation sites (N-methyl/N-ethyl adjacent to an activating group) is 1. The van der Waals surface area contributed by atoms with Gasteiger partial charge in [-0.3, -0.25) is 9.59 Å². The average molecular weight is 270 g/mol. The molecule has 0 aliphatic heterocycles. The number of nitrogens with one attached hydrogen (secondary N) is 2. The number of carbonyl (C=O) groups is 2. The molecule has 0 saturated heterocycles. The molecule has 0 aromatic carbocycles. The van der Waals surface area contributed by atoms with Gasteiger partial charge in [0.05, 0.1) is 6.10 Å². The largest absolute Gasteiger partial charge is 0.376 e. The highest BCUT2D eigenvalue weighted by Gasteiger charge is 2.26. The third kappa shape index (κ3) is 5.59. The van der Waals surface area contributed by atoms with Gasteiger partial charge in [-0.1, -0.05) is 19.3 Å². The van der Waals surface area contributed by atoms with E-state index in [1.54, 1.807) is 7.05 Å². The van der Waals surface area contributed by atoms with E-state index in [1.165, 1.54) is 39.0 Å². The third-order valence-electron chi connectivity index (χ3n) is 3.68.